The van der Waals surface area contributed by atoms with E-state index in [-0.39, 0.29) is 11.3 Å². The molecule has 27 heavy (non-hydrogen) atoms. The first-order valence-electron chi connectivity index (χ1n) is 7.63. The first-order chi connectivity index (χ1) is 12.8. The van der Waals surface area contributed by atoms with Gasteiger partial charge in [-0.2, -0.15) is 13.2 Å². The van der Waals surface area contributed by atoms with Crippen molar-refractivity contribution in [2.45, 2.75) is 6.18 Å². The minimum atomic E-state index is -5.16. The summed E-state index contributed by atoms with van der Waals surface area (Å²) in [4.78, 5) is 15.6. The van der Waals surface area contributed by atoms with Crippen LogP contribution in [0.2, 0.25) is 0 Å². The highest BCUT2D eigenvalue weighted by Crippen LogP contribution is 2.26. The van der Waals surface area contributed by atoms with Gasteiger partial charge < -0.3 is 14.6 Å². The van der Waals surface area contributed by atoms with Gasteiger partial charge in [0.1, 0.15) is 17.3 Å². The second kappa shape index (κ2) is 8.39. The molecule has 8 heteroatoms. The van der Waals surface area contributed by atoms with Crippen LogP contribution in [0.3, 0.4) is 0 Å². The molecule has 0 aliphatic rings. The van der Waals surface area contributed by atoms with Crippen molar-refractivity contribution < 1.29 is 32.5 Å². The molecule has 0 heterocycles. The molecule has 142 valence electrons. The third-order valence-corrected chi connectivity index (χ3v) is 3.54. The molecule has 0 saturated carbocycles. The van der Waals surface area contributed by atoms with Crippen molar-refractivity contribution >= 4 is 23.4 Å². The largest absolute Gasteiger partial charge is 0.506 e. The number of methoxy groups -OCH3 is 2. The van der Waals surface area contributed by atoms with Gasteiger partial charge in [0.15, 0.2) is 0 Å². The molecule has 0 spiro atoms. The monoisotopic (exact) mass is 379 g/mol. The first kappa shape index (κ1) is 20.0. The zero-order valence-electron chi connectivity index (χ0n) is 14.4. The Morgan fingerprint density at radius 1 is 0.963 bits per heavy atom. The van der Waals surface area contributed by atoms with Crippen LogP contribution in [0.25, 0.3) is 5.76 Å². The molecule has 0 fully saturated rings. The third kappa shape index (κ3) is 5.10. The summed E-state index contributed by atoms with van der Waals surface area (Å²) in [7, 11) is 2.89. The van der Waals surface area contributed by atoms with Gasteiger partial charge >= 0.3 is 6.18 Å². The van der Waals surface area contributed by atoms with Crippen LogP contribution in [0.5, 0.6) is 11.5 Å². The van der Waals surface area contributed by atoms with Gasteiger partial charge in [-0.25, -0.2) is 0 Å². The summed E-state index contributed by atoms with van der Waals surface area (Å²) in [6.45, 7) is 0. The van der Waals surface area contributed by atoms with E-state index in [0.717, 1.165) is 0 Å². The van der Waals surface area contributed by atoms with Gasteiger partial charge in [-0.3, -0.25) is 9.79 Å². The van der Waals surface area contributed by atoms with Crippen molar-refractivity contribution in [1.82, 2.24) is 0 Å². The molecular weight excluding hydrogens is 363 g/mol. The predicted octanol–water partition coefficient (Wildman–Crippen LogP) is 4.51. The highest BCUT2D eigenvalue weighted by Gasteiger charge is 2.41. The fourth-order valence-electron chi connectivity index (χ4n) is 2.09. The maximum absolute atomic E-state index is 12.9. The molecule has 5 nitrogen and oxygen atoms in total. The first-order valence-corrected chi connectivity index (χ1v) is 7.63. The van der Waals surface area contributed by atoms with E-state index in [0.29, 0.717) is 17.7 Å². The second-order valence-corrected chi connectivity index (χ2v) is 5.27. The van der Waals surface area contributed by atoms with E-state index in [2.05, 4.69) is 4.99 Å². The van der Waals surface area contributed by atoms with Gasteiger partial charge in [0.05, 0.1) is 25.5 Å². The molecule has 2 aromatic rings. The molecule has 0 amide bonds. The Kier molecular flexibility index (Phi) is 6.23. The van der Waals surface area contributed by atoms with Crippen LogP contribution < -0.4 is 9.47 Å². The van der Waals surface area contributed by atoms with E-state index in [4.69, 9.17) is 9.47 Å². The number of nitrogens with zero attached hydrogens (tertiary/aromatic N) is 1. The zero-order valence-corrected chi connectivity index (χ0v) is 14.4. The fraction of sp³-hybridized carbons (Fsp3) is 0.158. The van der Waals surface area contributed by atoms with E-state index < -0.39 is 23.3 Å². The maximum atomic E-state index is 12.9. The standard InChI is InChI=1S/C19H16F3NO4/c1-26-14-7-3-12(4-8-14)17(24)16(18(25)19(20,21)22)11-23-13-5-9-15(27-2)10-6-13/h3-11,24H,1-2H3/b17-16+,23-11?. The number of ketones is 1. The number of hydrogen-bond donors (Lipinski definition) is 1. The van der Waals surface area contributed by atoms with Gasteiger partial charge in [-0.15, -0.1) is 0 Å². The lowest BCUT2D eigenvalue weighted by Gasteiger charge is -2.09. The second-order valence-electron chi connectivity index (χ2n) is 5.27. The lowest BCUT2D eigenvalue weighted by Crippen LogP contribution is -2.26. The minimum Gasteiger partial charge on any atom is -0.506 e. The maximum Gasteiger partial charge on any atom is 0.455 e. The van der Waals surface area contributed by atoms with Crippen LogP contribution >= 0.6 is 0 Å². The number of ether oxygens (including phenoxy) is 2. The number of allylic oxidation sites excluding steroid dienone is 1. The molecule has 0 aliphatic heterocycles. The number of rotatable bonds is 6. The van der Waals surface area contributed by atoms with Gasteiger partial charge in [-0.1, -0.05) is 0 Å². The number of aliphatic imine (C=N–C) groups is 1. The number of aliphatic hydroxyl groups is 1. The number of hydrogen-bond acceptors (Lipinski definition) is 5. The SMILES string of the molecule is COc1ccc(N=C/C(C(=O)C(F)(F)F)=C(\O)c2ccc(OC)cc2)cc1. The normalized spacial score (nSPS) is 12.6. The lowest BCUT2D eigenvalue weighted by molar-refractivity contribution is -0.165. The lowest BCUT2D eigenvalue weighted by atomic mass is 10.0. The number of Topliss-reactive ketones (excluding diaryl/α,β-unsaturated/α-hetero) is 1. The number of alkyl halides is 3. The molecule has 2 rings (SSSR count). The van der Waals surface area contributed by atoms with Crippen LogP contribution in [-0.4, -0.2) is 37.5 Å². The van der Waals surface area contributed by atoms with Crippen LogP contribution in [0.1, 0.15) is 5.56 Å². The van der Waals surface area contributed by atoms with Crippen molar-refractivity contribution in [3.8, 4) is 11.5 Å². The van der Waals surface area contributed by atoms with Gasteiger partial charge in [0, 0.05) is 11.8 Å². The Morgan fingerprint density at radius 2 is 1.44 bits per heavy atom. The summed E-state index contributed by atoms with van der Waals surface area (Å²) in [5.74, 6) is -2.05. The average molecular weight is 379 g/mol. The summed E-state index contributed by atoms with van der Waals surface area (Å²) in [6.07, 6.45) is -4.47. The van der Waals surface area contributed by atoms with Crippen molar-refractivity contribution in [2.75, 3.05) is 14.2 Å². The zero-order chi connectivity index (χ0) is 20.0. The molecule has 2 aromatic carbocycles. The third-order valence-electron chi connectivity index (χ3n) is 3.54. The summed E-state index contributed by atoms with van der Waals surface area (Å²) >= 11 is 0. The predicted molar refractivity (Wildman–Crippen MR) is 94.8 cm³/mol. The Balaban J connectivity index is 2.45. The van der Waals surface area contributed by atoms with Crippen LogP contribution in [-0.2, 0) is 4.79 Å². The summed E-state index contributed by atoms with van der Waals surface area (Å²) in [5.41, 5.74) is -0.668. The van der Waals surface area contributed by atoms with Crippen molar-refractivity contribution in [3.05, 3.63) is 59.7 Å². The molecular formula is C19H16F3NO4. The number of benzene rings is 2. The van der Waals surface area contributed by atoms with E-state index in [9.17, 15) is 23.1 Å². The fourth-order valence-corrected chi connectivity index (χ4v) is 2.09. The van der Waals surface area contributed by atoms with E-state index in [1.165, 1.54) is 50.6 Å². The van der Waals surface area contributed by atoms with Crippen molar-refractivity contribution in [3.63, 3.8) is 0 Å². The van der Waals surface area contributed by atoms with Crippen LogP contribution in [0.4, 0.5) is 18.9 Å². The van der Waals surface area contributed by atoms with Crippen molar-refractivity contribution in [2.24, 2.45) is 4.99 Å². The molecule has 0 aliphatic carbocycles. The van der Waals surface area contributed by atoms with Gasteiger partial charge in [-0.05, 0) is 48.5 Å². The number of aliphatic hydroxyl groups excluding tert-OH is 1. The molecule has 0 unspecified atom stereocenters. The summed E-state index contributed by atoms with van der Waals surface area (Å²) in [5, 5.41) is 10.2. The number of carbonyl (C=O) groups is 1. The minimum absolute atomic E-state index is 0.0181. The number of halogens is 3. The van der Waals surface area contributed by atoms with Crippen molar-refractivity contribution in [1.29, 1.82) is 0 Å². The van der Waals surface area contributed by atoms with Gasteiger partial charge in [0.25, 0.3) is 5.78 Å². The molecule has 0 radical (unpaired) electrons. The van der Waals surface area contributed by atoms with E-state index in [1.807, 2.05) is 0 Å². The Bertz CT molecular complexity index is 854. The average Bonchev–Trinajstić information content (AvgIpc) is 2.67. The Labute approximate surface area is 153 Å². The quantitative estimate of drug-likeness (QED) is 0.456. The molecule has 0 bridgehead atoms. The number of carbonyl (C=O) groups excluding carboxylic acids is 1. The highest BCUT2D eigenvalue weighted by molar-refractivity contribution is 6.20. The van der Waals surface area contributed by atoms with E-state index >= 15 is 0 Å². The van der Waals surface area contributed by atoms with Crippen LogP contribution in [0.15, 0.2) is 59.1 Å². The summed E-state index contributed by atoms with van der Waals surface area (Å²) < 4.78 is 48.7. The molecule has 0 saturated heterocycles. The summed E-state index contributed by atoms with van der Waals surface area (Å²) in [6, 6.07) is 11.7. The van der Waals surface area contributed by atoms with E-state index in [1.54, 1.807) is 12.1 Å². The van der Waals surface area contributed by atoms with Crippen LogP contribution in [0, 0.1) is 0 Å². The smallest absolute Gasteiger partial charge is 0.455 e. The molecule has 1 N–H and O–H groups in total. The Hall–Kier alpha value is -3.29. The molecule has 0 aromatic heterocycles. The topological polar surface area (TPSA) is 68.1 Å². The molecule has 0 atom stereocenters. The highest BCUT2D eigenvalue weighted by atomic mass is 19.4. The Morgan fingerprint density at radius 3 is 1.89 bits per heavy atom. The van der Waals surface area contributed by atoms with Gasteiger partial charge in [0.2, 0.25) is 0 Å².